The zero-order chi connectivity index (χ0) is 24.9. The molecule has 0 aliphatic carbocycles. The summed E-state index contributed by atoms with van der Waals surface area (Å²) in [4.78, 5) is 44.4. The molecule has 1 fully saturated rings. The minimum absolute atomic E-state index is 0.0752. The van der Waals surface area contributed by atoms with Gasteiger partial charge in [-0.05, 0) is 24.6 Å². The van der Waals surface area contributed by atoms with Crippen molar-refractivity contribution < 1.29 is 19.1 Å². The summed E-state index contributed by atoms with van der Waals surface area (Å²) in [5, 5.41) is 5.89. The second kappa shape index (κ2) is 10.7. The number of fused-ring (bicyclic) bond motifs is 1. The summed E-state index contributed by atoms with van der Waals surface area (Å²) in [5.41, 5.74) is 3.06. The van der Waals surface area contributed by atoms with E-state index in [-0.39, 0.29) is 30.1 Å². The maximum atomic E-state index is 13.3. The molecule has 1 saturated heterocycles. The van der Waals surface area contributed by atoms with Crippen LogP contribution in [0.2, 0.25) is 0 Å². The van der Waals surface area contributed by atoms with Gasteiger partial charge in [0.2, 0.25) is 11.8 Å². The summed E-state index contributed by atoms with van der Waals surface area (Å²) in [5.74, 6) is 0.409. The highest BCUT2D eigenvalue weighted by Gasteiger charge is 2.29. The summed E-state index contributed by atoms with van der Waals surface area (Å²) >= 11 is 0. The third-order valence-electron chi connectivity index (χ3n) is 6.30. The third-order valence-corrected chi connectivity index (χ3v) is 6.30. The van der Waals surface area contributed by atoms with Crippen LogP contribution < -0.4 is 10.6 Å². The van der Waals surface area contributed by atoms with E-state index in [0.717, 1.165) is 5.56 Å². The number of aryl methyl sites for hydroxylation is 1. The van der Waals surface area contributed by atoms with E-state index in [0.29, 0.717) is 60.8 Å². The smallest absolute Gasteiger partial charge is 0.253 e. The number of methoxy groups -OCH3 is 1. The monoisotopic (exact) mass is 477 g/mol. The summed E-state index contributed by atoms with van der Waals surface area (Å²) < 4.78 is 7.09. The Kier molecular flexibility index (Phi) is 7.45. The molecule has 2 heterocycles. The molecule has 9 nitrogen and oxygen atoms in total. The summed E-state index contributed by atoms with van der Waals surface area (Å²) in [6, 6.07) is 12.9. The number of rotatable bonds is 9. The van der Waals surface area contributed by atoms with Gasteiger partial charge < -0.3 is 24.8 Å². The maximum absolute atomic E-state index is 13.3. The van der Waals surface area contributed by atoms with Gasteiger partial charge in [-0.25, -0.2) is 4.98 Å². The largest absolute Gasteiger partial charge is 0.377 e. The molecule has 0 spiro atoms. The van der Waals surface area contributed by atoms with Gasteiger partial charge >= 0.3 is 0 Å². The Balaban J connectivity index is 1.58. The van der Waals surface area contributed by atoms with E-state index in [9.17, 15) is 14.4 Å². The highest BCUT2D eigenvalue weighted by Crippen LogP contribution is 2.26. The van der Waals surface area contributed by atoms with Crippen molar-refractivity contribution in [2.45, 2.75) is 26.4 Å². The number of likely N-dealkylation sites (tertiary alicyclic amines) is 1. The number of ether oxygens (including phenoxy) is 1. The molecule has 35 heavy (non-hydrogen) atoms. The first-order valence-corrected chi connectivity index (χ1v) is 11.8. The van der Waals surface area contributed by atoms with Gasteiger partial charge in [-0.1, -0.05) is 30.3 Å². The Morgan fingerprint density at radius 2 is 1.97 bits per heavy atom. The van der Waals surface area contributed by atoms with Crippen LogP contribution in [0.5, 0.6) is 0 Å². The molecule has 0 unspecified atom stereocenters. The van der Waals surface area contributed by atoms with Crippen LogP contribution in [0.15, 0.2) is 42.5 Å². The Morgan fingerprint density at radius 1 is 1.20 bits per heavy atom. The SMILES string of the molecule is CCN1C[C@@H](CNC(=O)c2cc(NC(=O)Cc3ccccc3)cc3nc(COC)n(C)c23)CC1=O. The lowest BCUT2D eigenvalue weighted by atomic mass is 10.1. The third kappa shape index (κ3) is 5.51. The molecule has 9 heteroatoms. The predicted molar refractivity (Wildman–Crippen MR) is 133 cm³/mol. The molecule has 1 atom stereocenters. The van der Waals surface area contributed by atoms with Crippen molar-refractivity contribution >= 4 is 34.4 Å². The number of hydrogen-bond acceptors (Lipinski definition) is 5. The van der Waals surface area contributed by atoms with Gasteiger partial charge in [0.25, 0.3) is 5.91 Å². The van der Waals surface area contributed by atoms with Gasteiger partial charge in [0.05, 0.1) is 23.0 Å². The van der Waals surface area contributed by atoms with Gasteiger partial charge in [0.1, 0.15) is 12.4 Å². The van der Waals surface area contributed by atoms with Crippen molar-refractivity contribution in [1.82, 2.24) is 19.8 Å². The zero-order valence-corrected chi connectivity index (χ0v) is 20.3. The predicted octanol–water partition coefficient (Wildman–Crippen LogP) is 2.50. The molecule has 184 valence electrons. The van der Waals surface area contributed by atoms with E-state index in [1.54, 1.807) is 24.1 Å². The lowest BCUT2D eigenvalue weighted by molar-refractivity contribution is -0.127. The Labute approximate surface area is 204 Å². The van der Waals surface area contributed by atoms with Crippen LogP contribution in [-0.4, -0.2) is 58.9 Å². The van der Waals surface area contributed by atoms with E-state index in [1.807, 2.05) is 48.9 Å². The van der Waals surface area contributed by atoms with E-state index in [1.165, 1.54) is 0 Å². The highest BCUT2D eigenvalue weighted by molar-refractivity contribution is 6.07. The zero-order valence-electron chi connectivity index (χ0n) is 20.3. The first kappa shape index (κ1) is 24.4. The van der Waals surface area contributed by atoms with Crippen LogP contribution in [0.4, 0.5) is 5.69 Å². The van der Waals surface area contributed by atoms with Crippen LogP contribution in [0, 0.1) is 5.92 Å². The van der Waals surface area contributed by atoms with Crippen molar-refractivity contribution in [3.8, 4) is 0 Å². The van der Waals surface area contributed by atoms with Crippen molar-refractivity contribution in [1.29, 1.82) is 0 Å². The lowest BCUT2D eigenvalue weighted by Gasteiger charge is -2.15. The fourth-order valence-corrected chi connectivity index (χ4v) is 4.52. The molecule has 4 rings (SSSR count). The summed E-state index contributed by atoms with van der Waals surface area (Å²) in [7, 11) is 3.42. The number of benzene rings is 2. The van der Waals surface area contributed by atoms with Gasteiger partial charge in [0, 0.05) is 51.8 Å². The van der Waals surface area contributed by atoms with Crippen LogP contribution >= 0.6 is 0 Å². The molecular weight excluding hydrogens is 446 g/mol. The number of amides is 3. The molecule has 2 N–H and O–H groups in total. The number of nitrogens with zero attached hydrogens (tertiary/aromatic N) is 3. The minimum Gasteiger partial charge on any atom is -0.377 e. The number of carbonyl (C=O) groups is 3. The first-order valence-electron chi connectivity index (χ1n) is 11.8. The van der Waals surface area contributed by atoms with Gasteiger partial charge in [0.15, 0.2) is 0 Å². The average Bonchev–Trinajstić information content (AvgIpc) is 3.36. The van der Waals surface area contributed by atoms with E-state index in [2.05, 4.69) is 15.6 Å². The fourth-order valence-electron chi connectivity index (χ4n) is 4.52. The molecule has 0 saturated carbocycles. The topological polar surface area (TPSA) is 106 Å². The maximum Gasteiger partial charge on any atom is 0.253 e. The molecule has 1 aliphatic heterocycles. The van der Waals surface area contributed by atoms with Gasteiger partial charge in [-0.15, -0.1) is 0 Å². The molecule has 0 bridgehead atoms. The normalized spacial score (nSPS) is 15.6. The highest BCUT2D eigenvalue weighted by atomic mass is 16.5. The molecule has 1 aromatic heterocycles. The summed E-state index contributed by atoms with van der Waals surface area (Å²) in [6.45, 7) is 3.96. The number of hydrogen-bond donors (Lipinski definition) is 2. The van der Waals surface area contributed by atoms with Crippen LogP contribution in [0.1, 0.15) is 35.1 Å². The number of aromatic nitrogens is 2. The Bertz CT molecular complexity index is 1240. The van der Waals surface area contributed by atoms with Gasteiger partial charge in [-0.2, -0.15) is 0 Å². The molecular formula is C26H31N5O4. The van der Waals surface area contributed by atoms with Crippen LogP contribution in [0.25, 0.3) is 11.0 Å². The van der Waals surface area contributed by atoms with Crippen molar-refractivity contribution in [2.24, 2.45) is 13.0 Å². The van der Waals surface area contributed by atoms with Gasteiger partial charge in [-0.3, -0.25) is 14.4 Å². The van der Waals surface area contributed by atoms with Crippen LogP contribution in [-0.2, 0) is 34.4 Å². The molecule has 0 radical (unpaired) electrons. The lowest BCUT2D eigenvalue weighted by Crippen LogP contribution is -2.31. The summed E-state index contributed by atoms with van der Waals surface area (Å²) in [6.07, 6.45) is 0.657. The van der Waals surface area contributed by atoms with E-state index in [4.69, 9.17) is 4.74 Å². The Morgan fingerprint density at radius 3 is 2.66 bits per heavy atom. The quantitative estimate of drug-likeness (QED) is 0.493. The fraction of sp³-hybridized carbons (Fsp3) is 0.385. The number of carbonyl (C=O) groups excluding carboxylic acids is 3. The first-order chi connectivity index (χ1) is 16.9. The number of anilines is 1. The number of nitrogens with one attached hydrogen (secondary N) is 2. The second-order valence-corrected chi connectivity index (χ2v) is 8.83. The van der Waals surface area contributed by atoms with Crippen LogP contribution in [0.3, 0.4) is 0 Å². The molecule has 3 aromatic rings. The van der Waals surface area contributed by atoms with Crippen molar-refractivity contribution in [3.05, 3.63) is 59.4 Å². The number of imidazole rings is 1. The molecule has 1 aliphatic rings. The Hall–Kier alpha value is -3.72. The second-order valence-electron chi connectivity index (χ2n) is 8.83. The van der Waals surface area contributed by atoms with E-state index >= 15 is 0 Å². The standard InChI is InChI=1S/C26H31N5O4/c1-4-31-15-18(11-24(31)33)14-27-26(34)20-12-19(28-23(32)10-17-8-6-5-7-9-17)13-21-25(20)30(2)22(29-21)16-35-3/h5-9,12-13,18H,4,10-11,14-16H2,1-3H3,(H,27,34)(H,28,32)/t18-/m1/s1. The molecule has 2 aromatic carbocycles. The van der Waals surface area contributed by atoms with Crippen molar-refractivity contribution in [3.63, 3.8) is 0 Å². The minimum atomic E-state index is -0.275. The van der Waals surface area contributed by atoms with E-state index < -0.39 is 0 Å². The average molecular weight is 478 g/mol. The van der Waals surface area contributed by atoms with Crippen molar-refractivity contribution in [2.75, 3.05) is 32.1 Å². The molecule has 3 amide bonds.